The molecule has 1 atom stereocenters. The van der Waals surface area contributed by atoms with Gasteiger partial charge in [-0.3, -0.25) is 4.40 Å². The Morgan fingerprint density at radius 3 is 2.61 bits per heavy atom. The quantitative estimate of drug-likeness (QED) is 0.739. The smallest absolute Gasteiger partial charge is 0.243 e. The van der Waals surface area contributed by atoms with Crippen molar-refractivity contribution in [2.24, 2.45) is 0 Å². The lowest BCUT2D eigenvalue weighted by Gasteiger charge is -2.22. The average molecular weight is 328 g/mol. The maximum Gasteiger partial charge on any atom is 0.243 e. The van der Waals surface area contributed by atoms with Gasteiger partial charge in [0.2, 0.25) is 10.0 Å². The zero-order valence-electron chi connectivity index (χ0n) is 12.4. The molecule has 3 aromatic rings. The average Bonchev–Trinajstić information content (AvgIpc) is 3.22. The maximum atomic E-state index is 12.9. The number of rotatable bonds is 3. The number of hydrogen-bond acceptors (Lipinski definition) is 4. The molecule has 0 aliphatic carbocycles. The van der Waals surface area contributed by atoms with E-state index in [1.54, 1.807) is 28.6 Å². The van der Waals surface area contributed by atoms with E-state index >= 15 is 0 Å². The van der Waals surface area contributed by atoms with Gasteiger partial charge >= 0.3 is 0 Å². The van der Waals surface area contributed by atoms with Gasteiger partial charge in [0.15, 0.2) is 11.5 Å². The molecule has 6 nitrogen and oxygen atoms in total. The first-order chi connectivity index (χ1) is 11.2. The van der Waals surface area contributed by atoms with E-state index in [9.17, 15) is 8.42 Å². The Labute approximate surface area is 134 Å². The third-order valence-electron chi connectivity index (χ3n) is 4.19. The third kappa shape index (κ3) is 2.32. The Hall–Kier alpha value is -2.25. The topological polar surface area (TPSA) is 67.6 Å². The highest BCUT2D eigenvalue weighted by atomic mass is 32.2. The summed E-state index contributed by atoms with van der Waals surface area (Å²) in [4.78, 5) is 0.320. The Morgan fingerprint density at radius 1 is 1.00 bits per heavy atom. The Morgan fingerprint density at radius 2 is 1.78 bits per heavy atom. The third-order valence-corrected chi connectivity index (χ3v) is 6.11. The second-order valence-electron chi connectivity index (χ2n) is 5.57. The number of sulfonamides is 1. The summed E-state index contributed by atoms with van der Waals surface area (Å²) in [6, 6.07) is 13.9. The van der Waals surface area contributed by atoms with E-state index in [1.165, 1.54) is 0 Å². The molecule has 118 valence electrons. The van der Waals surface area contributed by atoms with Crippen LogP contribution in [0.3, 0.4) is 0 Å². The molecule has 1 aliphatic heterocycles. The van der Waals surface area contributed by atoms with Crippen LogP contribution in [0.5, 0.6) is 0 Å². The van der Waals surface area contributed by atoms with Gasteiger partial charge in [0.25, 0.3) is 0 Å². The summed E-state index contributed by atoms with van der Waals surface area (Å²) in [6.07, 6.45) is 3.44. The molecular formula is C16H16N4O2S. The molecule has 1 fully saturated rings. The van der Waals surface area contributed by atoms with Gasteiger partial charge in [0.1, 0.15) is 0 Å². The number of aromatic nitrogens is 3. The predicted octanol–water partition coefficient (Wildman–Crippen LogP) is 2.26. The molecule has 1 aliphatic rings. The van der Waals surface area contributed by atoms with Gasteiger partial charge in [0.05, 0.1) is 10.9 Å². The zero-order valence-corrected chi connectivity index (χ0v) is 13.2. The second kappa shape index (κ2) is 5.43. The molecule has 1 saturated heterocycles. The second-order valence-corrected chi connectivity index (χ2v) is 7.46. The van der Waals surface area contributed by atoms with Gasteiger partial charge in [-0.05, 0) is 37.1 Å². The molecule has 1 aromatic carbocycles. The normalized spacial score (nSPS) is 19.4. The molecule has 0 unspecified atom stereocenters. The van der Waals surface area contributed by atoms with Crippen molar-refractivity contribution in [1.82, 2.24) is 18.9 Å². The van der Waals surface area contributed by atoms with Gasteiger partial charge in [-0.25, -0.2) is 8.42 Å². The largest absolute Gasteiger partial charge is 0.285 e. The van der Waals surface area contributed by atoms with Crippen molar-refractivity contribution in [3.63, 3.8) is 0 Å². The molecule has 4 rings (SSSR count). The molecule has 0 saturated carbocycles. The number of fused-ring (bicyclic) bond motifs is 1. The molecule has 0 bridgehead atoms. The van der Waals surface area contributed by atoms with Crippen molar-refractivity contribution in [2.45, 2.75) is 23.8 Å². The van der Waals surface area contributed by atoms with Gasteiger partial charge in [-0.2, -0.15) is 4.31 Å². The number of pyridine rings is 1. The molecule has 3 heterocycles. The minimum Gasteiger partial charge on any atom is -0.285 e. The summed E-state index contributed by atoms with van der Waals surface area (Å²) in [5.41, 5.74) is 0.728. The lowest BCUT2D eigenvalue weighted by atomic mass is 10.2. The van der Waals surface area contributed by atoms with E-state index in [4.69, 9.17) is 0 Å². The summed E-state index contributed by atoms with van der Waals surface area (Å²) < 4.78 is 29.3. The SMILES string of the molecule is O=S(=O)(c1ccccc1)N1CCC[C@@H]1c1nnc2ccccn12. The van der Waals surface area contributed by atoms with Gasteiger partial charge in [0, 0.05) is 12.7 Å². The van der Waals surface area contributed by atoms with Crippen LogP contribution in [0.4, 0.5) is 0 Å². The molecular weight excluding hydrogens is 312 g/mol. The first-order valence-electron chi connectivity index (χ1n) is 7.54. The fourth-order valence-electron chi connectivity index (χ4n) is 3.10. The van der Waals surface area contributed by atoms with E-state index in [2.05, 4.69) is 10.2 Å². The fourth-order valence-corrected chi connectivity index (χ4v) is 4.78. The van der Waals surface area contributed by atoms with Crippen molar-refractivity contribution in [2.75, 3.05) is 6.54 Å². The molecule has 0 radical (unpaired) electrons. The number of benzene rings is 1. The Kier molecular flexibility index (Phi) is 3.39. The Balaban J connectivity index is 1.78. The lowest BCUT2D eigenvalue weighted by molar-refractivity contribution is 0.381. The minimum absolute atomic E-state index is 0.280. The van der Waals surface area contributed by atoms with Crippen LogP contribution < -0.4 is 0 Å². The summed E-state index contributed by atoms with van der Waals surface area (Å²) in [6.45, 7) is 0.504. The van der Waals surface area contributed by atoms with Crippen molar-refractivity contribution >= 4 is 15.7 Å². The van der Waals surface area contributed by atoms with Crippen LogP contribution in [0.15, 0.2) is 59.6 Å². The maximum absolute atomic E-state index is 12.9. The van der Waals surface area contributed by atoms with Gasteiger partial charge in [-0.15, -0.1) is 10.2 Å². The summed E-state index contributed by atoms with van der Waals surface area (Å²) in [7, 11) is -3.53. The van der Waals surface area contributed by atoms with Gasteiger partial charge < -0.3 is 0 Å². The first-order valence-corrected chi connectivity index (χ1v) is 8.98. The van der Waals surface area contributed by atoms with Crippen LogP contribution in [0.2, 0.25) is 0 Å². The lowest BCUT2D eigenvalue weighted by Crippen LogP contribution is -2.31. The molecule has 2 aromatic heterocycles. The molecule has 0 amide bonds. The highest BCUT2D eigenvalue weighted by Crippen LogP contribution is 2.35. The zero-order chi connectivity index (χ0) is 15.9. The summed E-state index contributed by atoms with van der Waals surface area (Å²) in [5.74, 6) is 0.678. The fraction of sp³-hybridized carbons (Fsp3) is 0.250. The van der Waals surface area contributed by atoms with Crippen molar-refractivity contribution in [3.05, 3.63) is 60.6 Å². The number of nitrogens with zero attached hydrogens (tertiary/aromatic N) is 4. The Bertz CT molecular complexity index is 937. The molecule has 7 heteroatoms. The van der Waals surface area contributed by atoms with E-state index in [-0.39, 0.29) is 6.04 Å². The monoisotopic (exact) mass is 328 g/mol. The number of hydrogen-bond donors (Lipinski definition) is 0. The van der Waals surface area contributed by atoms with Crippen LogP contribution >= 0.6 is 0 Å². The van der Waals surface area contributed by atoms with Crippen molar-refractivity contribution < 1.29 is 8.42 Å². The predicted molar refractivity (Wildman–Crippen MR) is 85.3 cm³/mol. The van der Waals surface area contributed by atoms with Crippen molar-refractivity contribution in [1.29, 1.82) is 0 Å². The van der Waals surface area contributed by atoms with E-state index in [0.29, 0.717) is 17.3 Å². The van der Waals surface area contributed by atoms with E-state index in [0.717, 1.165) is 18.5 Å². The minimum atomic E-state index is -3.53. The van der Waals surface area contributed by atoms with Crippen LogP contribution in [-0.2, 0) is 10.0 Å². The highest BCUT2D eigenvalue weighted by molar-refractivity contribution is 7.89. The van der Waals surface area contributed by atoms with Crippen LogP contribution in [0, 0.1) is 0 Å². The van der Waals surface area contributed by atoms with Crippen LogP contribution in [0.25, 0.3) is 5.65 Å². The molecule has 0 N–H and O–H groups in total. The van der Waals surface area contributed by atoms with E-state index in [1.807, 2.05) is 34.9 Å². The van der Waals surface area contributed by atoms with Gasteiger partial charge in [-0.1, -0.05) is 24.3 Å². The molecule has 0 spiro atoms. The highest BCUT2D eigenvalue weighted by Gasteiger charge is 2.38. The summed E-state index contributed by atoms with van der Waals surface area (Å²) >= 11 is 0. The first kappa shape index (κ1) is 14.3. The summed E-state index contributed by atoms with van der Waals surface area (Å²) in [5, 5.41) is 8.39. The van der Waals surface area contributed by atoms with E-state index < -0.39 is 10.0 Å². The van der Waals surface area contributed by atoms with Crippen molar-refractivity contribution in [3.8, 4) is 0 Å². The standard InChI is InChI=1S/C16H16N4O2S/c21-23(22,13-7-2-1-3-8-13)20-12-6-9-14(20)16-18-17-15-10-4-5-11-19(15)16/h1-5,7-8,10-11,14H,6,9,12H2/t14-/m1/s1. The molecule has 23 heavy (non-hydrogen) atoms. The van der Waals surface area contributed by atoms with Crippen LogP contribution in [0.1, 0.15) is 24.7 Å². The van der Waals surface area contributed by atoms with Crippen LogP contribution in [-0.4, -0.2) is 33.9 Å².